The molecule has 10 nitrogen and oxygen atoms in total. The largest absolute Gasteiger partial charge is 0.436 e. The van der Waals surface area contributed by atoms with Crippen molar-refractivity contribution < 1.29 is 14.1 Å². The summed E-state index contributed by atoms with van der Waals surface area (Å²) in [4.78, 5) is 33.0. The van der Waals surface area contributed by atoms with Gasteiger partial charge in [0.05, 0.1) is 11.1 Å². The quantitative estimate of drug-likeness (QED) is 0.126. The molecule has 0 radical (unpaired) electrons. The Morgan fingerprint density at radius 1 is 1.00 bits per heavy atom. The third kappa shape index (κ3) is 4.88. The number of benzene rings is 3. The molecule has 1 N–H and O–H groups in total. The number of aromatic nitrogens is 4. The Kier molecular flexibility index (Phi) is 6.63. The zero-order valence-electron chi connectivity index (χ0n) is 22.3. The third-order valence-electron chi connectivity index (χ3n) is 7.40. The molecule has 0 amide bonds. The second kappa shape index (κ2) is 10.7. The van der Waals surface area contributed by atoms with E-state index in [1.165, 1.54) is 23.9 Å². The lowest BCUT2D eigenvalue weighted by Gasteiger charge is -2.32. The van der Waals surface area contributed by atoms with Crippen LogP contribution in [0.4, 0.5) is 11.6 Å². The zero-order valence-corrected chi connectivity index (χ0v) is 23.1. The first-order valence-corrected chi connectivity index (χ1v) is 14.5. The summed E-state index contributed by atoms with van der Waals surface area (Å²) < 4.78 is 7.70. The average Bonchev–Trinajstić information content (AvgIpc) is 3.68. The molecule has 7 rings (SSSR count). The number of fused-ring (bicyclic) bond motifs is 1. The van der Waals surface area contributed by atoms with Gasteiger partial charge in [0.2, 0.25) is 17.0 Å². The normalized spacial score (nSPS) is 16.1. The van der Waals surface area contributed by atoms with Gasteiger partial charge in [-0.15, -0.1) is 5.10 Å². The monoisotopic (exact) mass is 576 g/mol. The number of thioether (sulfide) groups is 1. The number of nitrogens with one attached hydrogen (secondary N) is 1. The molecule has 3 aromatic carbocycles. The number of carbonyl (C=O) groups excluding carboxylic acids is 1. The molecule has 1 unspecified atom stereocenters. The van der Waals surface area contributed by atoms with Crippen molar-refractivity contribution in [2.75, 3.05) is 5.32 Å². The summed E-state index contributed by atoms with van der Waals surface area (Å²) in [6, 6.07) is 23.7. The van der Waals surface area contributed by atoms with E-state index in [-0.39, 0.29) is 11.5 Å². The molecule has 0 spiro atoms. The SMILES string of the molecule is O=C1CCCC2=C1C(c1ccc([N+](=O)[O-])cc1)n1nc(SCc3ccc(-c4ncc(-c5ccccc5)o4)cc3)nc1N2. The van der Waals surface area contributed by atoms with Crippen LogP contribution in [-0.4, -0.2) is 30.5 Å². The van der Waals surface area contributed by atoms with Crippen molar-refractivity contribution in [1.29, 1.82) is 0 Å². The Morgan fingerprint density at radius 3 is 2.55 bits per heavy atom. The molecule has 0 bridgehead atoms. The molecule has 5 aromatic rings. The fourth-order valence-electron chi connectivity index (χ4n) is 5.32. The molecule has 1 atom stereocenters. The number of ketones is 1. The fraction of sp³-hybridized carbons (Fsp3) is 0.161. The number of anilines is 1. The second-order valence-electron chi connectivity index (χ2n) is 10.1. The summed E-state index contributed by atoms with van der Waals surface area (Å²) in [7, 11) is 0. The first-order valence-electron chi connectivity index (χ1n) is 13.5. The number of carbonyl (C=O) groups is 1. The Balaban J connectivity index is 1.10. The number of nitrogens with zero attached hydrogens (tertiary/aromatic N) is 5. The molecule has 3 heterocycles. The van der Waals surface area contributed by atoms with Crippen LogP contribution in [0.1, 0.15) is 36.4 Å². The molecular weight excluding hydrogens is 552 g/mol. The van der Waals surface area contributed by atoms with Crippen LogP contribution < -0.4 is 5.32 Å². The first kappa shape index (κ1) is 25.9. The van der Waals surface area contributed by atoms with Crippen LogP contribution in [0.3, 0.4) is 0 Å². The van der Waals surface area contributed by atoms with Gasteiger partial charge in [-0.2, -0.15) is 4.98 Å². The highest BCUT2D eigenvalue weighted by Crippen LogP contribution is 2.41. The van der Waals surface area contributed by atoms with Crippen LogP contribution in [0.25, 0.3) is 22.8 Å². The number of Topliss-reactive ketones (excluding diaryl/α,β-unsaturated/α-hetero) is 1. The Labute approximate surface area is 244 Å². The lowest BCUT2D eigenvalue weighted by atomic mass is 9.85. The fourth-order valence-corrected chi connectivity index (χ4v) is 6.10. The van der Waals surface area contributed by atoms with Gasteiger partial charge in [-0.1, -0.05) is 54.2 Å². The van der Waals surface area contributed by atoms with E-state index in [2.05, 4.69) is 10.3 Å². The van der Waals surface area contributed by atoms with Crippen LogP contribution >= 0.6 is 11.8 Å². The minimum atomic E-state index is -0.493. The van der Waals surface area contributed by atoms with Crippen molar-refractivity contribution in [2.24, 2.45) is 0 Å². The highest BCUT2D eigenvalue weighted by molar-refractivity contribution is 7.98. The van der Waals surface area contributed by atoms with Crippen LogP contribution in [0.15, 0.2) is 106 Å². The maximum atomic E-state index is 13.0. The molecule has 1 aliphatic heterocycles. The predicted octanol–water partition coefficient (Wildman–Crippen LogP) is 6.82. The minimum Gasteiger partial charge on any atom is -0.436 e. The Hall–Kier alpha value is -5.03. The Bertz CT molecular complexity index is 1830. The first-order chi connectivity index (χ1) is 20.5. The molecule has 0 saturated heterocycles. The van der Waals surface area contributed by atoms with Crippen molar-refractivity contribution in [3.05, 3.63) is 118 Å². The van der Waals surface area contributed by atoms with Crippen LogP contribution in [0.5, 0.6) is 0 Å². The van der Waals surface area contributed by atoms with E-state index in [1.54, 1.807) is 23.0 Å². The maximum Gasteiger partial charge on any atom is 0.269 e. The van der Waals surface area contributed by atoms with Gasteiger partial charge in [-0.3, -0.25) is 14.9 Å². The lowest BCUT2D eigenvalue weighted by Crippen LogP contribution is -2.31. The number of allylic oxidation sites excluding steroid dienone is 2. The lowest BCUT2D eigenvalue weighted by molar-refractivity contribution is -0.384. The number of hydrogen-bond acceptors (Lipinski definition) is 9. The highest BCUT2D eigenvalue weighted by atomic mass is 32.2. The van der Waals surface area contributed by atoms with E-state index < -0.39 is 11.0 Å². The summed E-state index contributed by atoms with van der Waals surface area (Å²) in [5.41, 5.74) is 5.20. The molecule has 2 aliphatic rings. The summed E-state index contributed by atoms with van der Waals surface area (Å²) >= 11 is 1.49. The predicted molar refractivity (Wildman–Crippen MR) is 158 cm³/mol. The van der Waals surface area contributed by atoms with E-state index in [0.29, 0.717) is 34.7 Å². The van der Waals surface area contributed by atoms with Gasteiger partial charge < -0.3 is 9.73 Å². The topological polar surface area (TPSA) is 129 Å². The number of non-ortho nitro benzene ring substituents is 1. The van der Waals surface area contributed by atoms with Gasteiger partial charge in [0.1, 0.15) is 6.04 Å². The minimum absolute atomic E-state index is 0.00241. The van der Waals surface area contributed by atoms with E-state index in [4.69, 9.17) is 14.5 Å². The zero-order chi connectivity index (χ0) is 28.6. The summed E-state index contributed by atoms with van der Waals surface area (Å²) in [5.74, 6) is 2.54. The van der Waals surface area contributed by atoms with Gasteiger partial charge in [0.15, 0.2) is 11.5 Å². The highest BCUT2D eigenvalue weighted by Gasteiger charge is 2.37. The number of nitro benzene ring substituents is 1. The van der Waals surface area contributed by atoms with Gasteiger partial charge in [-0.05, 0) is 48.2 Å². The molecule has 208 valence electrons. The van der Waals surface area contributed by atoms with Crippen LogP contribution in [0.2, 0.25) is 0 Å². The van der Waals surface area contributed by atoms with Crippen molar-refractivity contribution in [3.63, 3.8) is 0 Å². The van der Waals surface area contributed by atoms with E-state index in [0.717, 1.165) is 46.6 Å². The standard InChI is InChI=1S/C31H24N6O4S/c38-25-8-4-7-24-27(25)28(21-13-15-23(16-14-21)37(39)40)36-30(33-24)34-31(35-36)42-18-19-9-11-22(12-10-19)29-32-17-26(41-29)20-5-2-1-3-6-20/h1-3,5-6,9-17,28H,4,7-8,18H2,(H,33,34,35). The van der Waals surface area contributed by atoms with E-state index in [1.807, 2.05) is 54.6 Å². The maximum absolute atomic E-state index is 13.0. The summed E-state index contributed by atoms with van der Waals surface area (Å²) in [6.07, 6.45) is 3.71. The van der Waals surface area contributed by atoms with Gasteiger partial charge in [0.25, 0.3) is 5.69 Å². The van der Waals surface area contributed by atoms with Gasteiger partial charge >= 0.3 is 0 Å². The molecule has 1 aliphatic carbocycles. The van der Waals surface area contributed by atoms with Crippen molar-refractivity contribution in [1.82, 2.24) is 19.7 Å². The van der Waals surface area contributed by atoms with Crippen molar-refractivity contribution in [2.45, 2.75) is 36.2 Å². The van der Waals surface area contributed by atoms with Crippen molar-refractivity contribution in [3.8, 4) is 22.8 Å². The molecule has 2 aromatic heterocycles. The van der Waals surface area contributed by atoms with E-state index >= 15 is 0 Å². The van der Waals surface area contributed by atoms with Crippen molar-refractivity contribution >= 4 is 29.2 Å². The van der Waals surface area contributed by atoms with E-state index in [9.17, 15) is 14.9 Å². The summed E-state index contributed by atoms with van der Waals surface area (Å²) in [5, 5.41) is 19.9. The number of rotatable bonds is 7. The van der Waals surface area contributed by atoms with Gasteiger partial charge in [-0.25, -0.2) is 9.67 Å². The second-order valence-corrected chi connectivity index (χ2v) is 11.0. The average molecular weight is 577 g/mol. The molecule has 0 saturated carbocycles. The smallest absolute Gasteiger partial charge is 0.269 e. The molecule has 0 fully saturated rings. The summed E-state index contributed by atoms with van der Waals surface area (Å²) in [6.45, 7) is 0. The third-order valence-corrected chi connectivity index (χ3v) is 8.31. The Morgan fingerprint density at radius 2 is 1.79 bits per heavy atom. The molecule has 42 heavy (non-hydrogen) atoms. The number of hydrogen-bond donors (Lipinski definition) is 1. The number of oxazole rings is 1. The van der Waals surface area contributed by atoms with Crippen LogP contribution in [0, 0.1) is 10.1 Å². The molecule has 11 heteroatoms. The van der Waals surface area contributed by atoms with Crippen LogP contribution in [-0.2, 0) is 10.5 Å². The number of nitro groups is 1. The molecular formula is C31H24N6O4S. The van der Waals surface area contributed by atoms with Gasteiger partial charge in [0, 0.05) is 46.7 Å².